The van der Waals surface area contributed by atoms with E-state index in [4.69, 9.17) is 4.98 Å². The van der Waals surface area contributed by atoms with Crippen molar-refractivity contribution in [1.82, 2.24) is 14.5 Å². The van der Waals surface area contributed by atoms with Gasteiger partial charge in [0.15, 0.2) is 0 Å². The number of aryl methyl sites for hydroxylation is 2. The zero-order valence-corrected chi connectivity index (χ0v) is 24.8. The molecule has 4 aromatic carbocycles. The minimum absolute atomic E-state index is 0.301. The summed E-state index contributed by atoms with van der Waals surface area (Å²) in [6, 6.07) is 34.9. The molecule has 0 spiro atoms. The van der Waals surface area contributed by atoms with Gasteiger partial charge in [0.05, 0.1) is 17.0 Å². The number of aromatic nitrogens is 2. The zero-order chi connectivity index (χ0) is 29.5. The number of hydrogen-bond acceptors (Lipinski definition) is 3. The molecule has 0 atom stereocenters. The molecule has 5 nitrogen and oxygen atoms in total. The molecular weight excluding hydrogens is 518 g/mol. The van der Waals surface area contributed by atoms with Crippen LogP contribution in [-0.2, 0) is 26.2 Å². The fourth-order valence-electron chi connectivity index (χ4n) is 5.41. The SMILES string of the molecule is CCCCn1c(-c2ccccc2C)nc(-c2ccc(C)cc2)c1CN(Cc1ccccc1)Cc1ccc(C(=O)O)cc1. The number of aromatic carboxylic acids is 1. The van der Waals surface area contributed by atoms with E-state index < -0.39 is 5.97 Å². The minimum Gasteiger partial charge on any atom is -0.478 e. The van der Waals surface area contributed by atoms with Crippen molar-refractivity contribution in [3.63, 3.8) is 0 Å². The number of hydrogen-bond donors (Lipinski definition) is 1. The second kappa shape index (κ2) is 13.5. The van der Waals surface area contributed by atoms with Crippen LogP contribution in [0.25, 0.3) is 22.6 Å². The summed E-state index contributed by atoms with van der Waals surface area (Å²) in [5, 5.41) is 9.40. The Morgan fingerprint density at radius 2 is 1.43 bits per heavy atom. The molecule has 0 fully saturated rings. The minimum atomic E-state index is -0.908. The third-order valence-electron chi connectivity index (χ3n) is 7.75. The largest absolute Gasteiger partial charge is 0.478 e. The van der Waals surface area contributed by atoms with Gasteiger partial charge in [-0.25, -0.2) is 9.78 Å². The van der Waals surface area contributed by atoms with Gasteiger partial charge in [0.25, 0.3) is 0 Å². The number of rotatable bonds is 12. The predicted octanol–water partition coefficient (Wildman–Crippen LogP) is 8.53. The van der Waals surface area contributed by atoms with Crippen LogP contribution in [0.15, 0.2) is 103 Å². The van der Waals surface area contributed by atoms with Crippen molar-refractivity contribution in [2.45, 2.75) is 59.8 Å². The molecule has 1 N–H and O–H groups in total. The van der Waals surface area contributed by atoms with Crippen molar-refractivity contribution in [3.05, 3.63) is 137 Å². The molecule has 1 heterocycles. The van der Waals surface area contributed by atoms with Gasteiger partial charge in [0.2, 0.25) is 0 Å². The summed E-state index contributed by atoms with van der Waals surface area (Å²) in [4.78, 5) is 19.3. The van der Waals surface area contributed by atoms with Gasteiger partial charge in [-0.2, -0.15) is 0 Å². The van der Waals surface area contributed by atoms with Crippen LogP contribution in [0, 0.1) is 13.8 Å². The lowest BCUT2D eigenvalue weighted by Crippen LogP contribution is -2.24. The van der Waals surface area contributed by atoms with Crippen molar-refractivity contribution >= 4 is 5.97 Å². The van der Waals surface area contributed by atoms with Crippen LogP contribution in [-0.4, -0.2) is 25.5 Å². The summed E-state index contributed by atoms with van der Waals surface area (Å²) in [6.07, 6.45) is 2.15. The maximum absolute atomic E-state index is 11.5. The molecule has 42 heavy (non-hydrogen) atoms. The fraction of sp³-hybridized carbons (Fsp3) is 0.243. The Morgan fingerprint density at radius 3 is 2.07 bits per heavy atom. The van der Waals surface area contributed by atoms with Crippen LogP contribution in [0.2, 0.25) is 0 Å². The molecule has 0 aliphatic carbocycles. The van der Waals surface area contributed by atoms with Gasteiger partial charge in [-0.05, 0) is 49.1 Å². The van der Waals surface area contributed by atoms with Gasteiger partial charge in [-0.3, -0.25) is 4.90 Å². The summed E-state index contributed by atoms with van der Waals surface area (Å²) < 4.78 is 2.44. The van der Waals surface area contributed by atoms with Gasteiger partial charge >= 0.3 is 5.97 Å². The van der Waals surface area contributed by atoms with Crippen LogP contribution in [0.3, 0.4) is 0 Å². The molecule has 5 heteroatoms. The molecule has 0 aliphatic rings. The van der Waals surface area contributed by atoms with E-state index in [-0.39, 0.29) is 0 Å². The molecule has 5 rings (SSSR count). The van der Waals surface area contributed by atoms with Gasteiger partial charge < -0.3 is 9.67 Å². The Hall–Kier alpha value is -4.48. The Kier molecular flexibility index (Phi) is 9.30. The van der Waals surface area contributed by atoms with Crippen molar-refractivity contribution in [1.29, 1.82) is 0 Å². The first-order chi connectivity index (χ1) is 20.4. The van der Waals surface area contributed by atoms with Crippen molar-refractivity contribution in [2.24, 2.45) is 0 Å². The lowest BCUT2D eigenvalue weighted by atomic mass is 10.1. The summed E-state index contributed by atoms with van der Waals surface area (Å²) >= 11 is 0. The molecule has 5 aromatic rings. The third kappa shape index (κ3) is 6.87. The van der Waals surface area contributed by atoms with E-state index in [9.17, 15) is 9.90 Å². The van der Waals surface area contributed by atoms with E-state index in [1.807, 2.05) is 18.2 Å². The number of imidazole rings is 1. The van der Waals surface area contributed by atoms with Gasteiger partial charge in [0.1, 0.15) is 5.82 Å². The molecule has 0 radical (unpaired) electrons. The fourth-order valence-corrected chi connectivity index (χ4v) is 5.41. The normalized spacial score (nSPS) is 11.2. The van der Waals surface area contributed by atoms with Crippen LogP contribution >= 0.6 is 0 Å². The molecule has 214 valence electrons. The van der Waals surface area contributed by atoms with E-state index in [1.165, 1.54) is 22.4 Å². The number of carbonyl (C=O) groups is 1. The average Bonchev–Trinajstić information content (AvgIpc) is 3.34. The Bertz CT molecular complexity index is 1620. The van der Waals surface area contributed by atoms with E-state index in [0.29, 0.717) is 18.7 Å². The number of unbranched alkanes of at least 4 members (excludes halogenated alkanes) is 1. The highest BCUT2D eigenvalue weighted by molar-refractivity contribution is 5.87. The molecule has 1 aromatic heterocycles. The first-order valence-electron chi connectivity index (χ1n) is 14.7. The Labute approximate surface area is 249 Å². The molecular formula is C37H39N3O2. The standard InChI is InChI=1S/C37H39N3O2/c1-4-5-23-40-34(35(31-19-15-27(2)16-20-31)38-36(40)33-14-10-9-11-28(33)3)26-39(24-29-12-7-6-8-13-29)25-30-17-21-32(22-18-30)37(41)42/h6-22H,4-5,23-26H2,1-3H3,(H,41,42). The highest BCUT2D eigenvalue weighted by atomic mass is 16.4. The summed E-state index contributed by atoms with van der Waals surface area (Å²) in [6.45, 7) is 9.52. The molecule has 0 aliphatic heterocycles. The van der Waals surface area contributed by atoms with Crippen LogP contribution in [0.4, 0.5) is 0 Å². The Balaban J connectivity index is 1.62. The Morgan fingerprint density at radius 1 is 0.786 bits per heavy atom. The van der Waals surface area contributed by atoms with Gasteiger partial charge in [-0.1, -0.05) is 110 Å². The quantitative estimate of drug-likeness (QED) is 0.167. The van der Waals surface area contributed by atoms with E-state index in [1.54, 1.807) is 12.1 Å². The first-order valence-corrected chi connectivity index (χ1v) is 14.7. The lowest BCUT2D eigenvalue weighted by Gasteiger charge is -2.25. The third-order valence-corrected chi connectivity index (χ3v) is 7.75. The maximum atomic E-state index is 11.5. The van der Waals surface area contributed by atoms with E-state index >= 15 is 0 Å². The van der Waals surface area contributed by atoms with Gasteiger partial charge in [-0.15, -0.1) is 0 Å². The number of carboxylic acid groups (broad SMARTS) is 1. The smallest absolute Gasteiger partial charge is 0.335 e. The second-order valence-electron chi connectivity index (χ2n) is 11.0. The second-order valence-corrected chi connectivity index (χ2v) is 11.0. The lowest BCUT2D eigenvalue weighted by molar-refractivity contribution is 0.0697. The number of carboxylic acids is 1. The molecule has 0 saturated heterocycles. The maximum Gasteiger partial charge on any atom is 0.335 e. The highest BCUT2D eigenvalue weighted by Crippen LogP contribution is 2.33. The first kappa shape index (κ1) is 29.0. The summed E-state index contributed by atoms with van der Waals surface area (Å²) in [7, 11) is 0. The van der Waals surface area contributed by atoms with Crippen LogP contribution in [0.5, 0.6) is 0 Å². The van der Waals surface area contributed by atoms with Crippen molar-refractivity contribution < 1.29 is 9.90 Å². The van der Waals surface area contributed by atoms with E-state index in [2.05, 4.69) is 103 Å². The van der Waals surface area contributed by atoms with E-state index in [0.717, 1.165) is 54.1 Å². The predicted molar refractivity (Wildman–Crippen MR) is 170 cm³/mol. The van der Waals surface area contributed by atoms with Crippen molar-refractivity contribution in [2.75, 3.05) is 0 Å². The zero-order valence-electron chi connectivity index (χ0n) is 24.8. The molecule has 0 bridgehead atoms. The van der Waals surface area contributed by atoms with Crippen molar-refractivity contribution in [3.8, 4) is 22.6 Å². The van der Waals surface area contributed by atoms with Gasteiger partial charge in [0, 0.05) is 37.3 Å². The molecule has 0 saturated carbocycles. The topological polar surface area (TPSA) is 58.4 Å². The number of nitrogens with zero attached hydrogens (tertiary/aromatic N) is 3. The molecule has 0 unspecified atom stereocenters. The monoisotopic (exact) mass is 557 g/mol. The van der Waals surface area contributed by atoms with Crippen LogP contribution < -0.4 is 0 Å². The number of benzene rings is 4. The highest BCUT2D eigenvalue weighted by Gasteiger charge is 2.23. The average molecular weight is 558 g/mol. The summed E-state index contributed by atoms with van der Waals surface area (Å²) in [5.41, 5.74) is 9.53. The van der Waals surface area contributed by atoms with Crippen LogP contribution in [0.1, 0.15) is 58.1 Å². The molecule has 0 amide bonds. The summed E-state index contributed by atoms with van der Waals surface area (Å²) in [5.74, 6) is 0.103.